The van der Waals surface area contributed by atoms with Crippen LogP contribution in [0.2, 0.25) is 0 Å². The zero-order valence-corrected chi connectivity index (χ0v) is 23.7. The third kappa shape index (κ3) is 4.76. The molecular formula is C32H36N2O9. The van der Waals surface area contributed by atoms with Gasteiger partial charge in [-0.15, -0.1) is 0 Å². The molecule has 0 radical (unpaired) electrons. The van der Waals surface area contributed by atoms with Crippen LogP contribution in [0.4, 0.5) is 5.82 Å². The molecule has 1 saturated carbocycles. The minimum absolute atomic E-state index is 0.0767. The van der Waals surface area contributed by atoms with E-state index in [1.807, 2.05) is 0 Å². The quantitative estimate of drug-likeness (QED) is 0.288. The van der Waals surface area contributed by atoms with Gasteiger partial charge in [0.2, 0.25) is 6.29 Å². The van der Waals surface area contributed by atoms with Crippen LogP contribution in [0.15, 0.2) is 60.0 Å². The maximum Gasteiger partial charge on any atom is 0.229 e. The number of ketones is 2. The Morgan fingerprint density at radius 2 is 1.86 bits per heavy atom. The Morgan fingerprint density at radius 3 is 2.56 bits per heavy atom. The number of carbonyl (C=O) groups excluding carboxylic acids is 2. The smallest absolute Gasteiger partial charge is 0.229 e. The van der Waals surface area contributed by atoms with Gasteiger partial charge in [-0.05, 0) is 61.4 Å². The first-order chi connectivity index (χ1) is 20.5. The highest BCUT2D eigenvalue weighted by Gasteiger charge is 2.59. The van der Waals surface area contributed by atoms with Crippen molar-refractivity contribution >= 4 is 17.4 Å². The van der Waals surface area contributed by atoms with Crippen molar-refractivity contribution in [2.75, 3.05) is 12.3 Å². The summed E-state index contributed by atoms with van der Waals surface area (Å²) in [7, 11) is 0. The number of allylic oxidation sites excluding steroid dienone is 4. The number of fused-ring (bicyclic) bond motifs is 2. The summed E-state index contributed by atoms with van der Waals surface area (Å²) >= 11 is 0. The molecule has 1 saturated heterocycles. The maximum absolute atomic E-state index is 13.7. The third-order valence-electron chi connectivity index (χ3n) is 9.56. The van der Waals surface area contributed by atoms with Crippen molar-refractivity contribution in [3.05, 3.63) is 76.7 Å². The zero-order chi connectivity index (χ0) is 30.7. The summed E-state index contributed by atoms with van der Waals surface area (Å²) in [5.41, 5.74) is 4.61. The fourth-order valence-corrected chi connectivity index (χ4v) is 7.45. The van der Waals surface area contributed by atoms with Crippen LogP contribution in [0.25, 0.3) is 0 Å². The van der Waals surface area contributed by atoms with E-state index in [1.165, 1.54) is 24.3 Å². The topological polar surface area (TPSA) is 193 Å². The van der Waals surface area contributed by atoms with Crippen LogP contribution in [-0.2, 0) is 10.2 Å². The maximum atomic E-state index is 13.7. The lowest BCUT2D eigenvalue weighted by Crippen LogP contribution is -2.69. The van der Waals surface area contributed by atoms with Gasteiger partial charge in [-0.3, -0.25) is 9.59 Å². The van der Waals surface area contributed by atoms with Gasteiger partial charge < -0.3 is 40.7 Å². The number of rotatable bonds is 6. The lowest BCUT2D eigenvalue weighted by molar-refractivity contribution is -0.318. The van der Waals surface area contributed by atoms with E-state index in [1.54, 1.807) is 31.3 Å². The molecule has 11 nitrogen and oxygen atoms in total. The molecule has 3 aliphatic carbocycles. The number of anilines is 1. The van der Waals surface area contributed by atoms with Gasteiger partial charge in [-0.1, -0.05) is 36.6 Å². The van der Waals surface area contributed by atoms with Crippen LogP contribution < -0.4 is 10.5 Å². The Morgan fingerprint density at radius 1 is 1.12 bits per heavy atom. The van der Waals surface area contributed by atoms with Crippen molar-refractivity contribution < 1.29 is 44.6 Å². The SMILES string of the molecule is CC1=C[C@@H]2C(=O)c3cccc(O[C@@H]4O[C@H](CO)[C@@H](O)[C@@](O)(CC5(c6ccnc(N)c6)CCCC5)[C@H]4O)c3C(=O)[C@@H]2C(O)=C1. The highest BCUT2D eigenvalue weighted by atomic mass is 16.7. The first-order valence-corrected chi connectivity index (χ1v) is 14.5. The van der Waals surface area contributed by atoms with Crippen molar-refractivity contribution in [1.82, 2.24) is 4.98 Å². The molecular weight excluding hydrogens is 556 g/mol. The zero-order valence-electron chi connectivity index (χ0n) is 23.7. The summed E-state index contributed by atoms with van der Waals surface area (Å²) in [6.45, 7) is 1.04. The Hall–Kier alpha value is -3.61. The predicted molar refractivity (Wildman–Crippen MR) is 153 cm³/mol. The Kier molecular flexibility index (Phi) is 7.42. The highest BCUT2D eigenvalue weighted by molar-refractivity contribution is 6.19. The molecule has 0 unspecified atom stereocenters. The van der Waals surface area contributed by atoms with Gasteiger partial charge in [0.25, 0.3) is 0 Å². The number of ether oxygens (including phenoxy) is 2. The summed E-state index contributed by atoms with van der Waals surface area (Å²) in [6.07, 6.45) is 1.13. The molecule has 2 fully saturated rings. The minimum Gasteiger partial charge on any atom is -0.511 e. The average molecular weight is 593 g/mol. The molecule has 1 aromatic carbocycles. The number of hydrogen-bond acceptors (Lipinski definition) is 11. The number of nitrogens with zero attached hydrogens (tertiary/aromatic N) is 1. The normalized spacial score (nSPS) is 33.3. The Bertz CT molecular complexity index is 1510. The second-order valence-corrected chi connectivity index (χ2v) is 12.2. The summed E-state index contributed by atoms with van der Waals surface area (Å²) in [6, 6.07) is 7.98. The number of Topliss-reactive ketones (excluding diaryl/α,β-unsaturated/α-hetero) is 2. The van der Waals surface area contributed by atoms with E-state index in [2.05, 4.69) is 4.98 Å². The van der Waals surface area contributed by atoms with Crippen LogP contribution in [-0.4, -0.2) is 78.9 Å². The molecule has 11 heteroatoms. The fourth-order valence-electron chi connectivity index (χ4n) is 7.45. The number of aromatic nitrogens is 1. The lowest BCUT2D eigenvalue weighted by atomic mass is 9.66. The minimum atomic E-state index is -2.20. The van der Waals surface area contributed by atoms with Crippen LogP contribution >= 0.6 is 0 Å². The summed E-state index contributed by atoms with van der Waals surface area (Å²) in [4.78, 5) is 31.2. The molecule has 6 rings (SSSR count). The van der Waals surface area contributed by atoms with Gasteiger partial charge in [-0.2, -0.15) is 0 Å². The average Bonchev–Trinajstić information content (AvgIpc) is 3.45. The summed E-state index contributed by atoms with van der Waals surface area (Å²) in [5.74, 6) is -2.90. The van der Waals surface area contributed by atoms with E-state index in [-0.39, 0.29) is 34.8 Å². The van der Waals surface area contributed by atoms with Crippen LogP contribution in [0, 0.1) is 11.8 Å². The van der Waals surface area contributed by atoms with E-state index in [9.17, 15) is 35.1 Å². The van der Waals surface area contributed by atoms with Crippen molar-refractivity contribution in [3.63, 3.8) is 0 Å². The number of aliphatic hydroxyl groups is 5. The Labute approximate surface area is 248 Å². The van der Waals surface area contributed by atoms with E-state index < -0.39 is 59.8 Å². The first kappa shape index (κ1) is 29.5. The van der Waals surface area contributed by atoms with Crippen LogP contribution in [0.3, 0.4) is 0 Å². The number of nitrogen functional groups attached to an aromatic ring is 1. The van der Waals surface area contributed by atoms with Gasteiger partial charge >= 0.3 is 0 Å². The van der Waals surface area contributed by atoms with E-state index in [0.717, 1.165) is 18.4 Å². The molecule has 4 aliphatic rings. The monoisotopic (exact) mass is 592 g/mol. The van der Waals surface area contributed by atoms with Gasteiger partial charge in [0, 0.05) is 11.8 Å². The Balaban J connectivity index is 1.36. The predicted octanol–water partition coefficient (Wildman–Crippen LogP) is 2.13. The van der Waals surface area contributed by atoms with Crippen molar-refractivity contribution in [2.45, 2.75) is 74.6 Å². The molecule has 1 aliphatic heterocycles. The molecule has 1 aromatic heterocycles. The van der Waals surface area contributed by atoms with Crippen LogP contribution in [0.1, 0.15) is 65.3 Å². The molecule has 0 amide bonds. The van der Waals surface area contributed by atoms with Crippen molar-refractivity contribution in [2.24, 2.45) is 11.8 Å². The molecule has 2 heterocycles. The molecule has 7 atom stereocenters. The number of aliphatic hydroxyl groups excluding tert-OH is 4. The standard InChI is InChI=1S/C32H36N2O9/c1-16-11-19-24(20(36)12-16)27(38)25-18(26(19)37)5-4-6-21(25)42-30-29(40)32(41,28(39)22(14-35)43-30)15-31(8-2-3-9-31)17-7-10-34-23(33)13-17/h4-7,10-13,19,22,24,28-30,35-36,39-41H,2-3,8-9,14-15H2,1H3,(H2,33,34)/t19-,22+,24-,28+,29-,30+,32-/m0/s1. The molecule has 0 spiro atoms. The van der Waals surface area contributed by atoms with Gasteiger partial charge in [0.1, 0.15) is 41.2 Å². The fraction of sp³-hybridized carbons (Fsp3) is 0.469. The number of nitrogens with two attached hydrogens (primary N) is 1. The van der Waals surface area contributed by atoms with E-state index in [0.29, 0.717) is 24.2 Å². The van der Waals surface area contributed by atoms with Crippen molar-refractivity contribution in [1.29, 1.82) is 0 Å². The number of pyridine rings is 1. The van der Waals surface area contributed by atoms with Gasteiger partial charge in [0.15, 0.2) is 11.6 Å². The highest BCUT2D eigenvalue weighted by Crippen LogP contribution is 2.50. The molecule has 43 heavy (non-hydrogen) atoms. The number of benzene rings is 1. The second kappa shape index (κ2) is 10.8. The summed E-state index contributed by atoms with van der Waals surface area (Å²) < 4.78 is 11.8. The van der Waals surface area contributed by atoms with Gasteiger partial charge in [-0.25, -0.2) is 4.98 Å². The number of carbonyl (C=O) groups is 2. The van der Waals surface area contributed by atoms with Crippen LogP contribution in [0.5, 0.6) is 5.75 Å². The molecule has 7 N–H and O–H groups in total. The van der Waals surface area contributed by atoms with E-state index in [4.69, 9.17) is 15.2 Å². The largest absolute Gasteiger partial charge is 0.511 e. The number of hydrogen-bond donors (Lipinski definition) is 6. The van der Waals surface area contributed by atoms with E-state index >= 15 is 0 Å². The molecule has 228 valence electrons. The first-order valence-electron chi connectivity index (χ1n) is 14.5. The second-order valence-electron chi connectivity index (χ2n) is 12.2. The molecule has 2 aromatic rings. The van der Waals surface area contributed by atoms with Gasteiger partial charge in [0.05, 0.1) is 24.0 Å². The lowest BCUT2D eigenvalue weighted by Gasteiger charge is -2.50. The molecule has 0 bridgehead atoms. The third-order valence-corrected chi connectivity index (χ3v) is 9.56. The summed E-state index contributed by atoms with van der Waals surface area (Å²) in [5, 5.41) is 55.6. The van der Waals surface area contributed by atoms with Crippen molar-refractivity contribution in [3.8, 4) is 5.75 Å².